The molecule has 3 heterocycles. The van der Waals surface area contributed by atoms with Gasteiger partial charge in [-0.3, -0.25) is 0 Å². The average molecular weight is 476 g/mol. The van der Waals surface area contributed by atoms with Gasteiger partial charge >= 0.3 is 12.4 Å². The summed E-state index contributed by atoms with van der Waals surface area (Å²) in [6.07, 6.45) is -7.64. The molecule has 0 aliphatic carbocycles. The monoisotopic (exact) mass is 475 g/mol. The fourth-order valence-corrected chi connectivity index (χ4v) is 3.73. The molecule has 1 aromatic carbocycles. The summed E-state index contributed by atoms with van der Waals surface area (Å²) in [6, 6.07) is 6.71. The number of rotatable bonds is 3. The van der Waals surface area contributed by atoms with Crippen LogP contribution in [-0.2, 0) is 12.4 Å². The molecule has 4 rings (SSSR count). The van der Waals surface area contributed by atoms with E-state index in [0.29, 0.717) is 30.3 Å². The quantitative estimate of drug-likeness (QED) is 0.509. The second kappa shape index (κ2) is 8.19. The van der Waals surface area contributed by atoms with Crippen molar-refractivity contribution in [3.05, 3.63) is 58.9 Å². The highest BCUT2D eigenvalue weighted by atomic mass is 35.5. The van der Waals surface area contributed by atoms with Crippen LogP contribution in [0.25, 0.3) is 11.3 Å². The molecule has 3 aromatic rings. The molecule has 1 aliphatic rings. The van der Waals surface area contributed by atoms with E-state index in [4.69, 9.17) is 11.6 Å². The Kier molecular flexibility index (Phi) is 5.70. The molecule has 0 saturated carbocycles. The first-order chi connectivity index (χ1) is 15.0. The highest BCUT2D eigenvalue weighted by Gasteiger charge is 2.36. The number of aromatic amines is 1. The number of anilines is 2. The van der Waals surface area contributed by atoms with Crippen LogP contribution in [0, 0.1) is 0 Å². The fourth-order valence-electron chi connectivity index (χ4n) is 3.50. The maximum atomic E-state index is 13.3. The summed E-state index contributed by atoms with van der Waals surface area (Å²) >= 11 is 6.21. The van der Waals surface area contributed by atoms with E-state index < -0.39 is 23.5 Å². The van der Waals surface area contributed by atoms with Crippen molar-refractivity contribution in [3.8, 4) is 11.3 Å². The molecule has 0 radical (unpaired) electrons. The second-order valence-electron chi connectivity index (χ2n) is 7.14. The lowest BCUT2D eigenvalue weighted by Gasteiger charge is -2.36. The van der Waals surface area contributed by atoms with Gasteiger partial charge in [-0.15, -0.1) is 0 Å². The highest BCUT2D eigenvalue weighted by molar-refractivity contribution is 6.32. The van der Waals surface area contributed by atoms with Crippen LogP contribution >= 0.6 is 11.6 Å². The van der Waals surface area contributed by atoms with Crippen LogP contribution in [-0.4, -0.2) is 41.1 Å². The number of piperazine rings is 1. The van der Waals surface area contributed by atoms with Gasteiger partial charge in [0.2, 0.25) is 5.95 Å². The number of alkyl halides is 6. The Hall–Kier alpha value is -2.95. The molecule has 12 heteroatoms. The summed E-state index contributed by atoms with van der Waals surface area (Å²) in [5.41, 5.74) is -0.870. The molecule has 1 fully saturated rings. The second-order valence-corrected chi connectivity index (χ2v) is 7.52. The first-order valence-corrected chi connectivity index (χ1v) is 9.87. The molecule has 32 heavy (non-hydrogen) atoms. The maximum absolute atomic E-state index is 13.3. The molecule has 0 amide bonds. The molecule has 170 valence electrons. The lowest BCUT2D eigenvalue weighted by Crippen LogP contribution is -2.47. The van der Waals surface area contributed by atoms with Gasteiger partial charge in [0.1, 0.15) is 16.7 Å². The third-order valence-corrected chi connectivity index (χ3v) is 5.38. The summed E-state index contributed by atoms with van der Waals surface area (Å²) in [5, 5.41) is 0.159. The van der Waals surface area contributed by atoms with Gasteiger partial charge in [0, 0.05) is 37.9 Å². The number of pyridine rings is 1. The average Bonchev–Trinajstić information content (AvgIpc) is 3.14. The smallest absolute Gasteiger partial charge is 0.353 e. The normalized spacial score (nSPS) is 15.3. The summed E-state index contributed by atoms with van der Waals surface area (Å²) in [6.45, 7) is 1.25. The number of halogens is 7. The zero-order chi connectivity index (χ0) is 23.1. The molecule has 0 atom stereocenters. The van der Waals surface area contributed by atoms with Crippen molar-refractivity contribution in [1.29, 1.82) is 0 Å². The highest BCUT2D eigenvalue weighted by Crippen LogP contribution is 2.36. The van der Waals surface area contributed by atoms with E-state index in [2.05, 4.69) is 15.0 Å². The van der Waals surface area contributed by atoms with Crippen LogP contribution in [0.15, 0.2) is 42.6 Å². The molecule has 0 unspecified atom stereocenters. The van der Waals surface area contributed by atoms with Crippen LogP contribution in [0.1, 0.15) is 11.1 Å². The van der Waals surface area contributed by atoms with Gasteiger partial charge < -0.3 is 14.8 Å². The van der Waals surface area contributed by atoms with Gasteiger partial charge in [-0.25, -0.2) is 9.97 Å². The summed E-state index contributed by atoms with van der Waals surface area (Å²) < 4.78 is 78.1. The number of nitrogens with zero attached hydrogens (tertiary/aromatic N) is 4. The van der Waals surface area contributed by atoms with Crippen LogP contribution in [0.3, 0.4) is 0 Å². The van der Waals surface area contributed by atoms with Gasteiger partial charge in [0.15, 0.2) is 0 Å². The molecular formula is C20H16ClF6N5. The molecular weight excluding hydrogens is 460 g/mol. The summed E-state index contributed by atoms with van der Waals surface area (Å²) in [4.78, 5) is 14.6. The van der Waals surface area contributed by atoms with Gasteiger partial charge in [0.05, 0.1) is 11.1 Å². The van der Waals surface area contributed by atoms with Gasteiger partial charge in [-0.1, -0.05) is 23.7 Å². The van der Waals surface area contributed by atoms with Gasteiger partial charge in [0.25, 0.3) is 0 Å². The lowest BCUT2D eigenvalue weighted by molar-refractivity contribution is -0.138. The summed E-state index contributed by atoms with van der Waals surface area (Å²) in [7, 11) is 0. The van der Waals surface area contributed by atoms with Crippen LogP contribution in [0.2, 0.25) is 5.15 Å². The Morgan fingerprint density at radius 3 is 2.06 bits per heavy atom. The molecule has 1 saturated heterocycles. The minimum atomic E-state index is -4.51. The van der Waals surface area contributed by atoms with E-state index in [1.807, 2.05) is 4.90 Å². The minimum absolute atomic E-state index is 0.123. The molecule has 5 nitrogen and oxygen atoms in total. The topological polar surface area (TPSA) is 48.1 Å². The number of aromatic nitrogens is 3. The standard InChI is InChI=1S/C20H16ClF6N5/c21-16-15(12-3-5-13(6-4-12)19(22,23)24)29-18(30-16)32-10-8-31(9-11-32)17-14(20(25,26)27)2-1-7-28-17/h1-7H,8-11H2,(H,29,30). The third kappa shape index (κ3) is 4.47. The largest absolute Gasteiger partial charge is 0.419 e. The van der Waals surface area contributed by atoms with Crippen LogP contribution < -0.4 is 9.80 Å². The van der Waals surface area contributed by atoms with E-state index >= 15 is 0 Å². The van der Waals surface area contributed by atoms with E-state index in [1.54, 1.807) is 4.90 Å². The van der Waals surface area contributed by atoms with Crippen molar-refractivity contribution in [2.24, 2.45) is 0 Å². The predicted molar refractivity (Wildman–Crippen MR) is 108 cm³/mol. The predicted octanol–water partition coefficient (Wildman–Crippen LogP) is 5.49. The van der Waals surface area contributed by atoms with Gasteiger partial charge in [-0.05, 0) is 24.3 Å². The SMILES string of the molecule is FC(F)(F)c1ccc(-c2nc(N3CCN(c4ncccc4C(F)(F)F)CC3)[nH]c2Cl)cc1. The zero-order valence-electron chi connectivity index (χ0n) is 16.3. The van der Waals surface area contributed by atoms with Crippen molar-refractivity contribution >= 4 is 23.4 Å². The lowest BCUT2D eigenvalue weighted by atomic mass is 10.1. The Balaban J connectivity index is 1.49. The zero-order valence-corrected chi connectivity index (χ0v) is 17.1. The van der Waals surface area contributed by atoms with Crippen molar-refractivity contribution in [3.63, 3.8) is 0 Å². The van der Waals surface area contributed by atoms with Crippen molar-refractivity contribution in [2.75, 3.05) is 36.0 Å². The molecule has 1 N–H and O–H groups in total. The van der Waals surface area contributed by atoms with E-state index in [0.717, 1.165) is 18.2 Å². The van der Waals surface area contributed by atoms with Crippen molar-refractivity contribution in [1.82, 2.24) is 15.0 Å². The molecule has 2 aromatic heterocycles. The first kappa shape index (κ1) is 22.3. The van der Waals surface area contributed by atoms with Crippen LogP contribution in [0.5, 0.6) is 0 Å². The molecule has 0 spiro atoms. The first-order valence-electron chi connectivity index (χ1n) is 9.49. The Morgan fingerprint density at radius 2 is 1.47 bits per heavy atom. The number of hydrogen-bond acceptors (Lipinski definition) is 4. The van der Waals surface area contributed by atoms with E-state index in [9.17, 15) is 26.3 Å². The van der Waals surface area contributed by atoms with Crippen LogP contribution in [0.4, 0.5) is 38.1 Å². The van der Waals surface area contributed by atoms with Crippen molar-refractivity contribution in [2.45, 2.75) is 12.4 Å². The Labute approximate surface area is 183 Å². The number of hydrogen-bond donors (Lipinski definition) is 1. The number of H-pyrrole nitrogens is 1. The Bertz CT molecular complexity index is 1090. The van der Waals surface area contributed by atoms with E-state index in [1.165, 1.54) is 24.4 Å². The van der Waals surface area contributed by atoms with E-state index in [-0.39, 0.29) is 24.1 Å². The van der Waals surface area contributed by atoms with Gasteiger partial charge in [-0.2, -0.15) is 26.3 Å². The number of imidazole rings is 1. The molecule has 0 bridgehead atoms. The number of nitrogens with one attached hydrogen (secondary N) is 1. The summed E-state index contributed by atoms with van der Waals surface area (Å²) in [5.74, 6) is 0.268. The third-order valence-electron chi connectivity index (χ3n) is 5.10. The minimum Gasteiger partial charge on any atom is -0.353 e. The molecule has 1 aliphatic heterocycles. The Morgan fingerprint density at radius 1 is 0.844 bits per heavy atom. The maximum Gasteiger partial charge on any atom is 0.419 e. The van der Waals surface area contributed by atoms with Crippen molar-refractivity contribution < 1.29 is 26.3 Å². The number of benzene rings is 1. The fraction of sp³-hybridized carbons (Fsp3) is 0.300.